The second-order valence-corrected chi connectivity index (χ2v) is 17.9. The van der Waals surface area contributed by atoms with Crippen LogP contribution in [0.5, 0.6) is 0 Å². The summed E-state index contributed by atoms with van der Waals surface area (Å²) < 4.78 is 10.6. The van der Waals surface area contributed by atoms with Gasteiger partial charge in [0.2, 0.25) is 5.91 Å². The number of Topliss-reactive ketones (excluding diaryl/α,β-unsaturated/α-hetero) is 1. The molecule has 0 fully saturated rings. The summed E-state index contributed by atoms with van der Waals surface area (Å²) in [5, 5.41) is 6.15. The first-order valence-electron chi connectivity index (χ1n) is 20.4. The van der Waals surface area contributed by atoms with Gasteiger partial charge in [-0.1, -0.05) is 137 Å². The van der Waals surface area contributed by atoms with Gasteiger partial charge in [-0.2, -0.15) is 0 Å². The number of carbonyl (C=O) groups excluding carboxylic acids is 2. The van der Waals surface area contributed by atoms with Crippen LogP contribution in [0.2, 0.25) is 0 Å². The third kappa shape index (κ3) is 81.2. The second-order valence-electron chi connectivity index (χ2n) is 17.9. The minimum atomic E-state index is 0.104. The molecule has 50 heavy (non-hydrogen) atoms. The van der Waals surface area contributed by atoms with Crippen molar-refractivity contribution in [3.05, 3.63) is 0 Å². The van der Waals surface area contributed by atoms with E-state index in [9.17, 15) is 9.59 Å². The molecule has 0 aliphatic carbocycles. The summed E-state index contributed by atoms with van der Waals surface area (Å²) in [5.41, 5.74) is 0. The van der Waals surface area contributed by atoms with E-state index in [1.807, 2.05) is 41.5 Å². The maximum absolute atomic E-state index is 11.0. The minimum absolute atomic E-state index is 0.104. The Labute approximate surface area is 317 Å². The van der Waals surface area contributed by atoms with Gasteiger partial charge < -0.3 is 20.1 Å². The molecule has 0 aromatic heterocycles. The van der Waals surface area contributed by atoms with Gasteiger partial charge in [-0.25, -0.2) is 0 Å². The molecule has 0 aliphatic heterocycles. The Hall–Kier alpha value is -0.980. The molecule has 0 rings (SSSR count). The summed E-state index contributed by atoms with van der Waals surface area (Å²) >= 11 is 0. The van der Waals surface area contributed by atoms with Gasteiger partial charge in [0.1, 0.15) is 5.78 Å². The molecule has 0 saturated heterocycles. The van der Waals surface area contributed by atoms with Crippen LogP contribution in [0, 0.1) is 47.3 Å². The van der Waals surface area contributed by atoms with Crippen molar-refractivity contribution >= 4 is 11.7 Å². The molecule has 308 valence electrons. The Balaban J connectivity index is -0.000000116. The number of nitrogens with one attached hydrogen (secondary N) is 2. The van der Waals surface area contributed by atoms with Crippen molar-refractivity contribution in [2.24, 2.45) is 47.3 Å². The van der Waals surface area contributed by atoms with E-state index in [0.29, 0.717) is 41.8 Å². The van der Waals surface area contributed by atoms with Crippen molar-refractivity contribution in [1.82, 2.24) is 10.6 Å². The van der Waals surface area contributed by atoms with Crippen molar-refractivity contribution < 1.29 is 19.1 Å². The zero-order valence-electron chi connectivity index (χ0n) is 38.8. The highest BCUT2D eigenvalue weighted by Crippen LogP contribution is 2.10. The van der Waals surface area contributed by atoms with E-state index < -0.39 is 0 Å². The quantitative estimate of drug-likeness (QED) is 0.157. The van der Waals surface area contributed by atoms with Crippen LogP contribution in [0.15, 0.2) is 0 Å². The van der Waals surface area contributed by atoms with Crippen molar-refractivity contribution in [3.8, 4) is 0 Å². The molecular weight excluding hydrogens is 620 g/mol. The van der Waals surface area contributed by atoms with E-state index in [4.69, 9.17) is 9.47 Å². The number of ether oxygens (including phenoxy) is 2. The average Bonchev–Trinajstić information content (AvgIpc) is 2.93. The number of amides is 1. The van der Waals surface area contributed by atoms with Crippen molar-refractivity contribution in [3.63, 3.8) is 0 Å². The fraction of sp³-hybridized carbons (Fsp3) is 0.955. The first kappa shape index (κ1) is 61.1. The topological polar surface area (TPSA) is 76.7 Å². The molecule has 0 aromatic rings. The summed E-state index contributed by atoms with van der Waals surface area (Å²) in [7, 11) is 0. The van der Waals surface area contributed by atoms with Gasteiger partial charge in [0, 0.05) is 43.6 Å². The van der Waals surface area contributed by atoms with Crippen molar-refractivity contribution in [1.29, 1.82) is 0 Å². The highest BCUT2D eigenvalue weighted by Gasteiger charge is 2.08. The molecule has 0 atom stereocenters. The molecule has 0 aliphatic rings. The van der Waals surface area contributed by atoms with Gasteiger partial charge in [0.25, 0.3) is 0 Å². The molecule has 0 bridgehead atoms. The molecule has 0 saturated carbocycles. The summed E-state index contributed by atoms with van der Waals surface area (Å²) in [4.78, 5) is 21.8. The Kier molecular flexibility index (Phi) is 49.8. The summed E-state index contributed by atoms with van der Waals surface area (Å²) in [5.74, 6) is 5.22. The molecule has 0 spiro atoms. The van der Waals surface area contributed by atoms with Crippen molar-refractivity contribution in [2.75, 3.05) is 19.8 Å². The molecule has 2 N–H and O–H groups in total. The van der Waals surface area contributed by atoms with Crippen LogP contribution < -0.4 is 10.6 Å². The van der Waals surface area contributed by atoms with Crippen LogP contribution in [0.3, 0.4) is 0 Å². The van der Waals surface area contributed by atoms with Crippen LogP contribution in [0.25, 0.3) is 0 Å². The van der Waals surface area contributed by atoms with E-state index in [1.165, 1.54) is 12.8 Å². The Morgan fingerprint density at radius 3 is 0.900 bits per heavy atom. The third-order valence-corrected chi connectivity index (χ3v) is 5.99. The smallest absolute Gasteiger partial charge is 0.222 e. The van der Waals surface area contributed by atoms with Crippen LogP contribution in [0.4, 0.5) is 0 Å². The molecule has 6 heteroatoms. The Morgan fingerprint density at radius 2 is 0.800 bits per heavy atom. The predicted molar refractivity (Wildman–Crippen MR) is 226 cm³/mol. The fourth-order valence-corrected chi connectivity index (χ4v) is 3.00. The van der Waals surface area contributed by atoms with E-state index in [2.05, 4.69) is 135 Å². The van der Waals surface area contributed by atoms with Crippen LogP contribution in [-0.4, -0.2) is 55.7 Å². The molecule has 0 radical (unpaired) electrons. The van der Waals surface area contributed by atoms with Gasteiger partial charge in [-0.3, -0.25) is 9.59 Å². The zero-order chi connectivity index (χ0) is 41.2. The molecular formula is C44H98N2O4. The van der Waals surface area contributed by atoms with Crippen LogP contribution in [0.1, 0.15) is 185 Å². The zero-order valence-corrected chi connectivity index (χ0v) is 38.8. The van der Waals surface area contributed by atoms with E-state index in [0.717, 1.165) is 43.9 Å². The van der Waals surface area contributed by atoms with Gasteiger partial charge in [0.05, 0.1) is 12.2 Å². The van der Waals surface area contributed by atoms with E-state index in [-0.39, 0.29) is 23.8 Å². The number of hydrogen-bond acceptors (Lipinski definition) is 5. The van der Waals surface area contributed by atoms with Gasteiger partial charge in [0.15, 0.2) is 0 Å². The third-order valence-electron chi connectivity index (χ3n) is 5.99. The van der Waals surface area contributed by atoms with Crippen molar-refractivity contribution in [2.45, 2.75) is 210 Å². The first-order valence-corrected chi connectivity index (χ1v) is 20.4. The van der Waals surface area contributed by atoms with Gasteiger partial charge >= 0.3 is 0 Å². The monoisotopic (exact) mass is 719 g/mol. The van der Waals surface area contributed by atoms with E-state index in [1.54, 1.807) is 0 Å². The SMILES string of the molecule is CC(C)CC(=O)C(C)C.CC(C)CCC(C)C.CC(C)CNC(C)C.CC(C)COC(C)C.CC(C)COC(C)C.CC(C)NC(=O)C(C)C. The van der Waals surface area contributed by atoms with Gasteiger partial charge in [-0.05, 0) is 83.6 Å². The molecule has 6 nitrogen and oxygen atoms in total. The predicted octanol–water partition coefficient (Wildman–Crippen LogP) is 12.3. The maximum Gasteiger partial charge on any atom is 0.222 e. The number of carbonyl (C=O) groups is 2. The molecule has 0 heterocycles. The summed E-state index contributed by atoms with van der Waals surface area (Å²) in [6.45, 7) is 53.4. The normalized spacial score (nSPS) is 11.0. The molecule has 0 aromatic carbocycles. The largest absolute Gasteiger partial charge is 0.379 e. The van der Waals surface area contributed by atoms with E-state index >= 15 is 0 Å². The second kappa shape index (κ2) is 40.8. The lowest BCUT2D eigenvalue weighted by Crippen LogP contribution is -2.33. The Morgan fingerprint density at radius 1 is 0.440 bits per heavy atom. The fourth-order valence-electron chi connectivity index (χ4n) is 3.00. The summed E-state index contributed by atoms with van der Waals surface area (Å²) in [6.07, 6.45) is 4.28. The first-order chi connectivity index (χ1) is 22.6. The average molecular weight is 719 g/mol. The molecule has 1 amide bonds. The van der Waals surface area contributed by atoms with Crippen LogP contribution in [-0.2, 0) is 19.1 Å². The lowest BCUT2D eigenvalue weighted by atomic mass is 9.99. The standard InChI is InChI=1S/C8H16O.C8H18.C7H15NO.C7H17N.2C7H16O/c1-6(2)5-8(9)7(3)4;1-7(2)5-6-8(3)4;1-5(2)7(9)8-6(3)4;3*1-6(2)5-8-7(3)4/h6-7H,5H2,1-4H3;7-8H,5-6H2,1-4H3;5-6H,1-4H3,(H,8,9);6-8H,5H2,1-4H3;2*6-7H,5H2,1-4H3. The number of hydrogen-bond donors (Lipinski definition) is 2. The molecule has 0 unspecified atom stereocenters. The lowest BCUT2D eigenvalue weighted by molar-refractivity contribution is -0.124. The number of rotatable bonds is 17. The van der Waals surface area contributed by atoms with Crippen LogP contribution >= 0.6 is 0 Å². The minimum Gasteiger partial charge on any atom is -0.379 e. The van der Waals surface area contributed by atoms with Gasteiger partial charge in [-0.15, -0.1) is 0 Å². The lowest BCUT2D eigenvalue weighted by Gasteiger charge is -2.09. The highest BCUT2D eigenvalue weighted by molar-refractivity contribution is 5.80. The maximum atomic E-state index is 11.0. The Bertz CT molecular complexity index is 558. The number of ketones is 1. The highest BCUT2D eigenvalue weighted by atomic mass is 16.5. The summed E-state index contributed by atoms with van der Waals surface area (Å²) in [6, 6.07) is 0.900.